The molecular weight excluding hydrogens is 463 g/mol. The molecule has 1 aliphatic carbocycles. The summed E-state index contributed by atoms with van der Waals surface area (Å²) in [4.78, 5) is 44.8. The van der Waals surface area contributed by atoms with E-state index in [1.807, 2.05) is 0 Å². The van der Waals surface area contributed by atoms with Crippen molar-refractivity contribution in [3.05, 3.63) is 46.8 Å². The van der Waals surface area contributed by atoms with Gasteiger partial charge in [0.05, 0.1) is 23.1 Å². The number of rotatable bonds is 8. The smallest absolute Gasteiger partial charge is 0.270 e. The van der Waals surface area contributed by atoms with E-state index in [1.165, 1.54) is 18.5 Å². The van der Waals surface area contributed by atoms with Crippen LogP contribution in [0.5, 0.6) is 0 Å². The van der Waals surface area contributed by atoms with Gasteiger partial charge in [0.1, 0.15) is 17.2 Å². The SMILES string of the molecule is O=C(CC[C@@H]1CCCO1)c1nc[nH]c1C(=O)NC1CCC(C(=O)Nc2ccc(F)cc2Cl)CC1. The van der Waals surface area contributed by atoms with E-state index in [4.69, 9.17) is 16.3 Å². The van der Waals surface area contributed by atoms with Crippen molar-refractivity contribution in [1.29, 1.82) is 0 Å². The summed E-state index contributed by atoms with van der Waals surface area (Å²) in [5.74, 6) is -1.42. The number of benzene rings is 1. The first-order chi connectivity index (χ1) is 16.4. The molecule has 8 nitrogen and oxygen atoms in total. The minimum atomic E-state index is -0.468. The molecule has 34 heavy (non-hydrogen) atoms. The van der Waals surface area contributed by atoms with Crippen LogP contribution >= 0.6 is 11.6 Å². The van der Waals surface area contributed by atoms with Crippen molar-refractivity contribution < 1.29 is 23.5 Å². The molecule has 1 saturated heterocycles. The van der Waals surface area contributed by atoms with E-state index in [0.29, 0.717) is 37.8 Å². The van der Waals surface area contributed by atoms with E-state index in [0.717, 1.165) is 25.5 Å². The molecule has 2 aromatic rings. The number of halogens is 2. The maximum Gasteiger partial charge on any atom is 0.270 e. The first kappa shape index (κ1) is 24.3. The van der Waals surface area contributed by atoms with Gasteiger partial charge in [-0.25, -0.2) is 9.37 Å². The summed E-state index contributed by atoms with van der Waals surface area (Å²) >= 11 is 5.99. The summed E-state index contributed by atoms with van der Waals surface area (Å²) in [7, 11) is 0. The van der Waals surface area contributed by atoms with Crippen LogP contribution in [-0.4, -0.2) is 46.3 Å². The fourth-order valence-corrected chi connectivity index (χ4v) is 4.76. The van der Waals surface area contributed by atoms with Crippen LogP contribution in [-0.2, 0) is 9.53 Å². The van der Waals surface area contributed by atoms with Crippen LogP contribution < -0.4 is 10.6 Å². The van der Waals surface area contributed by atoms with Crippen LogP contribution in [0, 0.1) is 11.7 Å². The number of aromatic nitrogens is 2. The normalized spacial score (nSPS) is 22.4. The molecule has 1 aromatic heterocycles. The molecule has 10 heteroatoms. The van der Waals surface area contributed by atoms with Gasteiger partial charge >= 0.3 is 0 Å². The van der Waals surface area contributed by atoms with Gasteiger partial charge in [0.15, 0.2) is 5.78 Å². The fraction of sp³-hybridized carbons (Fsp3) is 0.500. The number of ketones is 1. The number of aromatic amines is 1. The number of ether oxygens (including phenoxy) is 1. The Morgan fingerprint density at radius 2 is 1.97 bits per heavy atom. The van der Waals surface area contributed by atoms with Gasteiger partial charge < -0.3 is 20.4 Å². The summed E-state index contributed by atoms with van der Waals surface area (Å²) in [6, 6.07) is 3.72. The van der Waals surface area contributed by atoms with Crippen molar-refractivity contribution in [1.82, 2.24) is 15.3 Å². The van der Waals surface area contributed by atoms with E-state index >= 15 is 0 Å². The Hall–Kier alpha value is -2.78. The molecule has 1 aliphatic heterocycles. The Kier molecular flexibility index (Phi) is 7.95. The Morgan fingerprint density at radius 3 is 2.68 bits per heavy atom. The number of nitrogens with zero attached hydrogens (tertiary/aromatic N) is 1. The summed E-state index contributed by atoms with van der Waals surface area (Å²) in [5, 5.41) is 5.86. The van der Waals surface area contributed by atoms with Crippen LogP contribution in [0.1, 0.15) is 72.3 Å². The van der Waals surface area contributed by atoms with Crippen molar-refractivity contribution in [2.45, 2.75) is 63.5 Å². The van der Waals surface area contributed by atoms with Crippen LogP contribution in [0.3, 0.4) is 0 Å². The number of Topliss-reactive ketones (excluding diaryl/α,β-unsaturated/α-hetero) is 1. The van der Waals surface area contributed by atoms with Gasteiger partial charge in [-0.15, -0.1) is 0 Å². The molecule has 1 saturated carbocycles. The summed E-state index contributed by atoms with van der Waals surface area (Å²) in [6.07, 6.45) is 6.77. The average molecular weight is 491 g/mol. The van der Waals surface area contributed by atoms with Gasteiger partial charge in [0.25, 0.3) is 5.91 Å². The van der Waals surface area contributed by atoms with Crippen molar-refractivity contribution in [2.75, 3.05) is 11.9 Å². The van der Waals surface area contributed by atoms with Crippen molar-refractivity contribution in [2.24, 2.45) is 5.92 Å². The lowest BCUT2D eigenvalue weighted by molar-refractivity contribution is -0.120. The highest BCUT2D eigenvalue weighted by atomic mass is 35.5. The number of carbonyl (C=O) groups is 3. The van der Waals surface area contributed by atoms with Crippen molar-refractivity contribution >= 4 is 34.9 Å². The molecular formula is C24H28ClFN4O4. The van der Waals surface area contributed by atoms with Crippen LogP contribution in [0.2, 0.25) is 5.02 Å². The first-order valence-electron chi connectivity index (χ1n) is 11.7. The van der Waals surface area contributed by atoms with Gasteiger partial charge in [-0.2, -0.15) is 0 Å². The zero-order chi connectivity index (χ0) is 24.1. The zero-order valence-corrected chi connectivity index (χ0v) is 19.5. The summed E-state index contributed by atoms with van der Waals surface area (Å²) in [5.41, 5.74) is 0.697. The van der Waals surface area contributed by atoms with E-state index in [-0.39, 0.29) is 58.5 Å². The van der Waals surface area contributed by atoms with Crippen LogP contribution in [0.4, 0.5) is 10.1 Å². The largest absolute Gasteiger partial charge is 0.378 e. The minimum absolute atomic E-state index is 0.103. The highest BCUT2D eigenvalue weighted by Crippen LogP contribution is 2.28. The van der Waals surface area contributed by atoms with E-state index in [9.17, 15) is 18.8 Å². The number of nitrogens with one attached hydrogen (secondary N) is 3. The molecule has 2 fully saturated rings. The van der Waals surface area contributed by atoms with Gasteiger partial charge in [-0.05, 0) is 63.1 Å². The molecule has 0 spiro atoms. The number of amides is 2. The van der Waals surface area contributed by atoms with Crippen LogP contribution in [0.25, 0.3) is 0 Å². The molecule has 4 rings (SSSR count). The molecule has 1 aromatic carbocycles. The number of H-pyrrole nitrogens is 1. The van der Waals surface area contributed by atoms with Gasteiger partial charge in [-0.1, -0.05) is 11.6 Å². The molecule has 2 amide bonds. The van der Waals surface area contributed by atoms with Gasteiger partial charge in [0.2, 0.25) is 5.91 Å². The number of carbonyl (C=O) groups excluding carboxylic acids is 3. The lowest BCUT2D eigenvalue weighted by Gasteiger charge is -2.28. The molecule has 0 bridgehead atoms. The monoisotopic (exact) mass is 490 g/mol. The third-order valence-corrected chi connectivity index (χ3v) is 6.78. The Morgan fingerprint density at radius 1 is 1.18 bits per heavy atom. The third-order valence-electron chi connectivity index (χ3n) is 6.47. The van der Waals surface area contributed by atoms with Crippen LogP contribution in [0.15, 0.2) is 24.5 Å². The highest BCUT2D eigenvalue weighted by Gasteiger charge is 2.29. The van der Waals surface area contributed by atoms with E-state index in [2.05, 4.69) is 20.6 Å². The van der Waals surface area contributed by atoms with Crippen molar-refractivity contribution in [3.63, 3.8) is 0 Å². The topological polar surface area (TPSA) is 113 Å². The second-order valence-electron chi connectivity index (χ2n) is 8.86. The maximum absolute atomic E-state index is 13.2. The zero-order valence-electron chi connectivity index (χ0n) is 18.7. The Labute approximate surface area is 202 Å². The number of hydrogen-bond donors (Lipinski definition) is 3. The molecule has 182 valence electrons. The van der Waals surface area contributed by atoms with Gasteiger partial charge in [-0.3, -0.25) is 14.4 Å². The molecule has 2 aliphatic rings. The maximum atomic E-state index is 13.2. The van der Waals surface area contributed by atoms with Gasteiger partial charge in [0, 0.05) is 25.0 Å². The lowest BCUT2D eigenvalue weighted by Crippen LogP contribution is -2.40. The quantitative estimate of drug-likeness (QED) is 0.478. The second-order valence-corrected chi connectivity index (χ2v) is 9.27. The first-order valence-corrected chi connectivity index (χ1v) is 12.0. The standard InChI is InChI=1S/C24H28ClFN4O4/c25-18-12-15(26)5-9-19(18)30-23(32)14-3-6-16(7-4-14)29-24(33)22-21(27-13-28-22)20(31)10-8-17-2-1-11-34-17/h5,9,12-14,16-17H,1-4,6-8,10-11H2,(H,27,28)(H,29,33)(H,30,32)/t14?,16?,17-/m0/s1. The Bertz CT molecular complexity index is 1050. The fourth-order valence-electron chi connectivity index (χ4n) is 4.54. The van der Waals surface area contributed by atoms with E-state index in [1.54, 1.807) is 0 Å². The highest BCUT2D eigenvalue weighted by molar-refractivity contribution is 6.33. The minimum Gasteiger partial charge on any atom is -0.378 e. The van der Waals surface area contributed by atoms with E-state index < -0.39 is 5.82 Å². The molecule has 2 heterocycles. The predicted molar refractivity (Wildman–Crippen MR) is 124 cm³/mol. The second kappa shape index (κ2) is 11.1. The summed E-state index contributed by atoms with van der Waals surface area (Å²) < 4.78 is 18.8. The third kappa shape index (κ3) is 6.01. The van der Waals surface area contributed by atoms with Crippen molar-refractivity contribution in [3.8, 4) is 0 Å². The number of imidazole rings is 1. The summed E-state index contributed by atoms with van der Waals surface area (Å²) in [6.45, 7) is 0.735. The molecule has 0 radical (unpaired) electrons. The predicted octanol–water partition coefficient (Wildman–Crippen LogP) is 4.27. The molecule has 0 unspecified atom stereocenters. The molecule has 3 N–H and O–H groups in total. The number of anilines is 1. The molecule has 1 atom stereocenters. The lowest BCUT2D eigenvalue weighted by atomic mass is 9.85. The average Bonchev–Trinajstić information content (AvgIpc) is 3.52. The Balaban J connectivity index is 1.25. The number of hydrogen-bond acceptors (Lipinski definition) is 5.